The molecule has 2 saturated heterocycles. The number of aromatic nitrogens is 2. The van der Waals surface area contributed by atoms with Gasteiger partial charge in [0.1, 0.15) is 0 Å². The lowest BCUT2D eigenvalue weighted by molar-refractivity contribution is 0.232. The van der Waals surface area contributed by atoms with E-state index in [9.17, 15) is 8.42 Å². The maximum atomic E-state index is 11.7. The molecule has 2 fully saturated rings. The first-order valence-electron chi connectivity index (χ1n) is 7.64. The van der Waals surface area contributed by atoms with E-state index in [1.165, 1.54) is 5.56 Å². The molecule has 7 heteroatoms. The molecule has 0 saturated carbocycles. The standard InChI is InChI=1S/C14H24N4O2S/c1-11-14(9-17-6-4-15-5-7-17)12(2)18(16-11)13-3-8-21(19,20)10-13/h13,15H,3-10H2,1-2H3. The molecule has 1 aromatic rings. The second-order valence-electron chi connectivity index (χ2n) is 6.18. The summed E-state index contributed by atoms with van der Waals surface area (Å²) in [6.07, 6.45) is 0.692. The van der Waals surface area contributed by atoms with Crippen molar-refractivity contribution in [1.82, 2.24) is 20.0 Å². The van der Waals surface area contributed by atoms with Crippen LogP contribution >= 0.6 is 0 Å². The molecule has 1 aromatic heterocycles. The Morgan fingerprint density at radius 1 is 1.29 bits per heavy atom. The minimum Gasteiger partial charge on any atom is -0.314 e. The molecule has 2 aliphatic rings. The van der Waals surface area contributed by atoms with E-state index in [4.69, 9.17) is 0 Å². The fraction of sp³-hybridized carbons (Fsp3) is 0.786. The van der Waals surface area contributed by atoms with Gasteiger partial charge in [-0.2, -0.15) is 5.10 Å². The first kappa shape index (κ1) is 15.0. The van der Waals surface area contributed by atoms with E-state index in [2.05, 4.69) is 22.2 Å². The van der Waals surface area contributed by atoms with Crippen LogP contribution in [0.2, 0.25) is 0 Å². The summed E-state index contributed by atoms with van der Waals surface area (Å²) in [6.45, 7) is 9.20. The lowest BCUT2D eigenvalue weighted by Gasteiger charge is -2.27. The third-order valence-corrected chi connectivity index (χ3v) is 6.37. The van der Waals surface area contributed by atoms with Gasteiger partial charge in [0.2, 0.25) is 0 Å². The Balaban J connectivity index is 1.79. The van der Waals surface area contributed by atoms with Crippen LogP contribution < -0.4 is 5.32 Å². The molecule has 0 aromatic carbocycles. The number of nitrogens with one attached hydrogen (secondary N) is 1. The highest BCUT2D eigenvalue weighted by Gasteiger charge is 2.31. The lowest BCUT2D eigenvalue weighted by Crippen LogP contribution is -2.43. The Labute approximate surface area is 126 Å². The molecular weight excluding hydrogens is 288 g/mol. The largest absolute Gasteiger partial charge is 0.314 e. The van der Waals surface area contributed by atoms with Crippen molar-refractivity contribution < 1.29 is 8.42 Å². The van der Waals surface area contributed by atoms with Crippen molar-refractivity contribution in [1.29, 1.82) is 0 Å². The fourth-order valence-corrected chi connectivity index (χ4v) is 5.03. The molecule has 3 rings (SSSR count). The van der Waals surface area contributed by atoms with Crippen LogP contribution in [0.3, 0.4) is 0 Å². The maximum Gasteiger partial charge on any atom is 0.152 e. The van der Waals surface area contributed by atoms with Gasteiger partial charge in [-0.3, -0.25) is 9.58 Å². The van der Waals surface area contributed by atoms with Crippen LogP contribution in [0.25, 0.3) is 0 Å². The number of nitrogens with zero attached hydrogens (tertiary/aromatic N) is 3. The zero-order valence-corrected chi connectivity index (χ0v) is 13.6. The first-order chi connectivity index (χ1) is 9.96. The third kappa shape index (κ3) is 3.14. The predicted octanol–water partition coefficient (Wildman–Crippen LogP) is 0.265. The second-order valence-corrected chi connectivity index (χ2v) is 8.41. The van der Waals surface area contributed by atoms with Crippen LogP contribution in [0.1, 0.15) is 29.4 Å². The Kier molecular flexibility index (Phi) is 4.07. The van der Waals surface area contributed by atoms with Gasteiger partial charge in [-0.25, -0.2) is 8.42 Å². The number of hydrogen-bond donors (Lipinski definition) is 1. The van der Waals surface area contributed by atoms with E-state index in [0.29, 0.717) is 12.2 Å². The van der Waals surface area contributed by atoms with Crippen molar-refractivity contribution in [2.75, 3.05) is 37.7 Å². The topological polar surface area (TPSA) is 67.2 Å². The molecule has 3 heterocycles. The van der Waals surface area contributed by atoms with E-state index in [1.54, 1.807) is 0 Å². The lowest BCUT2D eigenvalue weighted by atomic mass is 10.1. The summed E-state index contributed by atoms with van der Waals surface area (Å²) >= 11 is 0. The monoisotopic (exact) mass is 312 g/mol. The molecule has 1 N–H and O–H groups in total. The van der Waals surface area contributed by atoms with Crippen LogP contribution in [0.5, 0.6) is 0 Å². The number of piperazine rings is 1. The van der Waals surface area contributed by atoms with Crippen molar-refractivity contribution in [3.63, 3.8) is 0 Å². The molecule has 21 heavy (non-hydrogen) atoms. The van der Waals surface area contributed by atoms with Crippen LogP contribution in [0.15, 0.2) is 0 Å². The molecule has 0 aliphatic carbocycles. The van der Waals surface area contributed by atoms with Crippen LogP contribution in [0.4, 0.5) is 0 Å². The zero-order valence-electron chi connectivity index (χ0n) is 12.8. The third-order valence-electron chi connectivity index (χ3n) is 4.62. The highest BCUT2D eigenvalue weighted by atomic mass is 32.2. The average Bonchev–Trinajstić information content (AvgIpc) is 2.94. The molecule has 118 valence electrons. The van der Waals surface area contributed by atoms with E-state index < -0.39 is 9.84 Å². The summed E-state index contributed by atoms with van der Waals surface area (Å²) in [7, 11) is -2.87. The Morgan fingerprint density at radius 3 is 2.62 bits per heavy atom. The van der Waals surface area contributed by atoms with Crippen LogP contribution in [-0.2, 0) is 16.4 Å². The number of sulfone groups is 1. The smallest absolute Gasteiger partial charge is 0.152 e. The Hall–Kier alpha value is -0.920. The van der Waals surface area contributed by atoms with Crippen LogP contribution in [0, 0.1) is 13.8 Å². The Bertz CT molecular complexity index is 617. The molecular formula is C14H24N4O2S. The van der Waals surface area contributed by atoms with Crippen molar-refractivity contribution >= 4 is 9.84 Å². The summed E-state index contributed by atoms with van der Waals surface area (Å²) in [6, 6.07) is 0.0190. The number of hydrogen-bond acceptors (Lipinski definition) is 5. The molecule has 0 bridgehead atoms. The summed E-state index contributed by atoms with van der Waals surface area (Å²) < 4.78 is 25.3. The van der Waals surface area contributed by atoms with Gasteiger partial charge >= 0.3 is 0 Å². The van der Waals surface area contributed by atoms with Gasteiger partial charge in [-0.05, 0) is 20.3 Å². The zero-order chi connectivity index (χ0) is 15.0. The minimum atomic E-state index is -2.87. The minimum absolute atomic E-state index is 0.0190. The van der Waals surface area contributed by atoms with Gasteiger partial charge in [0.15, 0.2) is 9.84 Å². The van der Waals surface area contributed by atoms with Gasteiger partial charge in [0, 0.05) is 44.0 Å². The second kappa shape index (κ2) is 5.70. The fourth-order valence-electron chi connectivity index (χ4n) is 3.34. The number of aryl methyl sites for hydroxylation is 1. The van der Waals surface area contributed by atoms with Gasteiger partial charge in [0.05, 0.1) is 23.2 Å². The number of rotatable bonds is 3. The molecule has 0 amide bonds. The first-order valence-corrected chi connectivity index (χ1v) is 9.46. The summed E-state index contributed by atoms with van der Waals surface area (Å²) in [5, 5.41) is 7.99. The SMILES string of the molecule is Cc1nn(C2CCS(=O)(=O)C2)c(C)c1CN1CCNCC1. The van der Waals surface area contributed by atoms with Crippen molar-refractivity contribution in [3.8, 4) is 0 Å². The van der Waals surface area contributed by atoms with E-state index >= 15 is 0 Å². The maximum absolute atomic E-state index is 11.7. The summed E-state index contributed by atoms with van der Waals surface area (Å²) in [4.78, 5) is 2.43. The van der Waals surface area contributed by atoms with E-state index in [0.717, 1.165) is 44.1 Å². The normalized spacial score (nSPS) is 26.3. The molecule has 1 atom stereocenters. The van der Waals surface area contributed by atoms with Crippen molar-refractivity contribution in [2.45, 2.75) is 32.9 Å². The molecule has 6 nitrogen and oxygen atoms in total. The van der Waals surface area contributed by atoms with Gasteiger partial charge in [-0.15, -0.1) is 0 Å². The average molecular weight is 312 g/mol. The van der Waals surface area contributed by atoms with Gasteiger partial charge in [-0.1, -0.05) is 0 Å². The summed E-state index contributed by atoms with van der Waals surface area (Å²) in [5.74, 6) is 0.533. The highest BCUT2D eigenvalue weighted by molar-refractivity contribution is 7.91. The van der Waals surface area contributed by atoms with E-state index in [-0.39, 0.29) is 11.8 Å². The van der Waals surface area contributed by atoms with E-state index in [1.807, 2.05) is 11.6 Å². The molecule has 1 unspecified atom stereocenters. The molecule has 0 spiro atoms. The van der Waals surface area contributed by atoms with Gasteiger partial charge < -0.3 is 5.32 Å². The van der Waals surface area contributed by atoms with Crippen molar-refractivity contribution in [2.24, 2.45) is 0 Å². The molecule has 0 radical (unpaired) electrons. The van der Waals surface area contributed by atoms with Gasteiger partial charge in [0.25, 0.3) is 0 Å². The quantitative estimate of drug-likeness (QED) is 0.867. The highest BCUT2D eigenvalue weighted by Crippen LogP contribution is 2.27. The van der Waals surface area contributed by atoms with Crippen LogP contribution in [-0.4, -0.2) is 60.8 Å². The Morgan fingerprint density at radius 2 is 2.00 bits per heavy atom. The summed E-state index contributed by atoms with van der Waals surface area (Å²) in [5.41, 5.74) is 3.43. The predicted molar refractivity (Wildman–Crippen MR) is 82.2 cm³/mol. The molecule has 2 aliphatic heterocycles. The van der Waals surface area contributed by atoms with Crippen molar-refractivity contribution in [3.05, 3.63) is 17.0 Å².